The Labute approximate surface area is 282 Å². The number of rotatable bonds is 5. The SMILES string of the molecule is Cc1cc(C)cc(C(C2=C([SiH](C)C)CC(C(C)(C)C)=[C]2[Ti+3])(c2cc(C)cc(C)c2)c2cc(C)cc(C)c2)c1.[Cl-].[Cl-].[Cl-]. The van der Waals surface area contributed by atoms with E-state index < -0.39 is 8.80 Å². The van der Waals surface area contributed by atoms with Gasteiger partial charge in [0.15, 0.2) is 0 Å². The van der Waals surface area contributed by atoms with Crippen molar-refractivity contribution in [3.63, 3.8) is 0 Å². The van der Waals surface area contributed by atoms with Crippen molar-refractivity contribution in [3.8, 4) is 0 Å². The van der Waals surface area contributed by atoms with Crippen LogP contribution in [0.4, 0.5) is 0 Å². The Balaban J connectivity index is 0.00000280. The average molecular weight is 660 g/mol. The van der Waals surface area contributed by atoms with E-state index in [1.807, 2.05) is 0 Å². The summed E-state index contributed by atoms with van der Waals surface area (Å²) in [5.41, 5.74) is 15.2. The number of aryl methyl sites for hydroxylation is 6. The number of allylic oxidation sites excluding steroid dienone is 4. The Hall–Kier alpha value is -1.06. The summed E-state index contributed by atoms with van der Waals surface area (Å²) < 4.78 is 1.52. The van der Waals surface area contributed by atoms with E-state index in [-0.39, 0.29) is 48.1 Å². The predicted octanol–water partition coefficient (Wildman–Crippen LogP) is 0.457. The van der Waals surface area contributed by atoms with Crippen LogP contribution in [0.15, 0.2) is 74.8 Å². The molecule has 0 heterocycles. The van der Waals surface area contributed by atoms with Crippen molar-refractivity contribution in [1.29, 1.82) is 0 Å². The van der Waals surface area contributed by atoms with E-state index in [0.29, 0.717) is 0 Å². The van der Waals surface area contributed by atoms with Crippen molar-refractivity contribution in [3.05, 3.63) is 125 Å². The zero-order valence-corrected chi connectivity index (χ0v) is 31.6. The second-order valence-electron chi connectivity index (χ2n) is 13.2. The van der Waals surface area contributed by atoms with E-state index in [1.54, 1.807) is 16.3 Å². The quantitative estimate of drug-likeness (QED) is 0.276. The van der Waals surface area contributed by atoms with Gasteiger partial charge in [0, 0.05) is 0 Å². The molecule has 0 saturated carbocycles. The van der Waals surface area contributed by atoms with Gasteiger partial charge in [0.05, 0.1) is 0 Å². The topological polar surface area (TPSA) is 0 Å². The molecular formula is C36H45Cl3SiTi. The van der Waals surface area contributed by atoms with Gasteiger partial charge in [-0.25, -0.2) is 0 Å². The van der Waals surface area contributed by atoms with E-state index in [2.05, 4.69) is 150 Å². The summed E-state index contributed by atoms with van der Waals surface area (Å²) in [5.74, 6) is 0. The van der Waals surface area contributed by atoms with Gasteiger partial charge >= 0.3 is 247 Å². The van der Waals surface area contributed by atoms with Crippen molar-refractivity contribution < 1.29 is 57.7 Å². The van der Waals surface area contributed by atoms with Crippen LogP contribution in [0.2, 0.25) is 13.1 Å². The molecular weight excluding hydrogens is 615 g/mol. The van der Waals surface area contributed by atoms with E-state index in [4.69, 9.17) is 0 Å². The minimum Gasteiger partial charge on any atom is -1.00 e. The minimum absolute atomic E-state index is 0. The molecule has 0 nitrogen and oxygen atoms in total. The van der Waals surface area contributed by atoms with Crippen LogP contribution in [-0.2, 0) is 25.9 Å². The van der Waals surface area contributed by atoms with Crippen molar-refractivity contribution in [2.75, 3.05) is 0 Å². The Kier molecular flexibility index (Phi) is 13.1. The fraction of sp³-hybridized carbons (Fsp3) is 0.389. The van der Waals surface area contributed by atoms with Gasteiger partial charge in [-0.1, -0.05) is 0 Å². The molecule has 0 unspecified atom stereocenters. The van der Waals surface area contributed by atoms with E-state index in [9.17, 15) is 0 Å². The standard InChI is InChI=1S/C36H45Si.3ClH.Ti/c1-23-12-24(2)16-30(15-23)36(31-17-25(3)13-26(4)18-31,32-19-27(5)14-28(6)20-32)33-21-29(35(7,8)9)22-34(33)37(10)11;;;;/h12-20,37H,22H2,1-11H3;3*1H;/q;;;;+3/p-3. The van der Waals surface area contributed by atoms with Gasteiger partial charge in [-0.15, -0.1) is 0 Å². The van der Waals surface area contributed by atoms with Crippen molar-refractivity contribution in [2.45, 2.75) is 87.2 Å². The third-order valence-corrected chi connectivity index (χ3v) is 10.9. The molecule has 218 valence electrons. The molecule has 0 radical (unpaired) electrons. The number of hydrogen-bond acceptors (Lipinski definition) is 0. The molecule has 41 heavy (non-hydrogen) atoms. The molecule has 5 heteroatoms. The van der Waals surface area contributed by atoms with Crippen LogP contribution in [0, 0.1) is 47.0 Å². The second-order valence-corrected chi connectivity index (χ2v) is 17.0. The van der Waals surface area contributed by atoms with E-state index >= 15 is 0 Å². The summed E-state index contributed by atoms with van der Waals surface area (Å²) in [5, 5.41) is 1.73. The molecule has 0 bridgehead atoms. The fourth-order valence-corrected chi connectivity index (χ4v) is 9.79. The number of hydrogen-bond donors (Lipinski definition) is 0. The smallest absolute Gasteiger partial charge is 1.00 e. The predicted molar refractivity (Wildman–Crippen MR) is 165 cm³/mol. The third-order valence-electron chi connectivity index (χ3n) is 8.18. The molecule has 0 N–H and O–H groups in total. The normalized spacial score (nSPS) is 13.7. The molecule has 4 rings (SSSR count). The van der Waals surface area contributed by atoms with Crippen molar-refractivity contribution >= 4 is 8.80 Å². The number of benzene rings is 3. The van der Waals surface area contributed by atoms with Gasteiger partial charge in [-0.05, 0) is 0 Å². The van der Waals surface area contributed by atoms with Gasteiger partial charge < -0.3 is 37.2 Å². The van der Waals surface area contributed by atoms with Crippen molar-refractivity contribution in [1.82, 2.24) is 0 Å². The molecule has 3 aromatic carbocycles. The van der Waals surface area contributed by atoms with Crippen LogP contribution < -0.4 is 37.2 Å². The van der Waals surface area contributed by atoms with Gasteiger partial charge in [-0.3, -0.25) is 0 Å². The zero-order valence-electron chi connectivity index (χ0n) is 26.6. The van der Waals surface area contributed by atoms with Crippen LogP contribution in [0.3, 0.4) is 0 Å². The Morgan fingerprint density at radius 3 is 1.10 bits per heavy atom. The fourth-order valence-electron chi connectivity index (χ4n) is 6.75. The maximum atomic E-state index is 2.53. The van der Waals surface area contributed by atoms with Crippen LogP contribution in [-0.4, -0.2) is 8.80 Å². The third kappa shape index (κ3) is 7.37. The molecule has 0 fully saturated rings. The Morgan fingerprint density at radius 2 is 0.854 bits per heavy atom. The first-order valence-corrected chi connectivity index (χ1v) is 17.8. The van der Waals surface area contributed by atoms with Gasteiger partial charge in [0.25, 0.3) is 0 Å². The minimum atomic E-state index is -1.14. The molecule has 1 aliphatic carbocycles. The van der Waals surface area contributed by atoms with Gasteiger partial charge in [0.1, 0.15) is 0 Å². The maximum absolute atomic E-state index is 2.53. The molecule has 0 amide bonds. The largest absolute Gasteiger partial charge is 1.00 e. The first kappa shape index (κ1) is 38.0. The Morgan fingerprint density at radius 1 is 0.561 bits per heavy atom. The molecule has 0 aromatic heterocycles. The second kappa shape index (κ2) is 14.2. The summed E-state index contributed by atoms with van der Waals surface area (Å²) in [6.45, 7) is 25.8. The summed E-state index contributed by atoms with van der Waals surface area (Å²) in [6.07, 6.45) is 1.12. The van der Waals surface area contributed by atoms with Crippen molar-refractivity contribution in [2.24, 2.45) is 5.41 Å². The molecule has 0 spiro atoms. The molecule has 1 aliphatic rings. The zero-order chi connectivity index (χ0) is 28.2. The summed E-state index contributed by atoms with van der Waals surface area (Å²) in [6, 6.07) is 21.8. The molecule has 0 saturated heterocycles. The maximum Gasteiger partial charge on any atom is -1.00 e. The first-order chi connectivity index (χ1) is 17.6. The monoisotopic (exact) mass is 658 g/mol. The summed E-state index contributed by atoms with van der Waals surface area (Å²) in [4.78, 5) is 0. The first-order valence-electron chi connectivity index (χ1n) is 14.1. The molecule has 0 aliphatic heterocycles. The average Bonchev–Trinajstić information content (AvgIpc) is 3.11. The Bertz CT molecular complexity index is 1290. The van der Waals surface area contributed by atoms with Gasteiger partial charge in [0.2, 0.25) is 0 Å². The van der Waals surface area contributed by atoms with E-state index in [1.165, 1.54) is 53.9 Å². The molecule has 3 aromatic rings. The number of halogens is 3. The summed E-state index contributed by atoms with van der Waals surface area (Å²) in [7, 11) is -1.14. The van der Waals surface area contributed by atoms with Gasteiger partial charge in [-0.2, -0.15) is 0 Å². The van der Waals surface area contributed by atoms with Crippen LogP contribution in [0.5, 0.6) is 0 Å². The van der Waals surface area contributed by atoms with E-state index in [0.717, 1.165) is 6.42 Å². The summed E-state index contributed by atoms with van der Waals surface area (Å²) >= 11 is 2.43. The van der Waals surface area contributed by atoms with Crippen LogP contribution >= 0.6 is 0 Å². The van der Waals surface area contributed by atoms with Crippen LogP contribution in [0.1, 0.15) is 77.3 Å². The van der Waals surface area contributed by atoms with Crippen LogP contribution in [0.25, 0.3) is 0 Å². The molecule has 0 atom stereocenters.